The van der Waals surface area contributed by atoms with E-state index in [0.717, 1.165) is 41.3 Å². The average Bonchev–Trinajstić information content (AvgIpc) is 2.39. The number of nitrogens with zero attached hydrogens (tertiary/aromatic N) is 2. The van der Waals surface area contributed by atoms with Crippen molar-refractivity contribution < 1.29 is 4.79 Å². The summed E-state index contributed by atoms with van der Waals surface area (Å²) in [5, 5.41) is 0. The van der Waals surface area contributed by atoms with Crippen LogP contribution in [0.15, 0.2) is 22.7 Å². The van der Waals surface area contributed by atoms with Gasteiger partial charge in [0.15, 0.2) is 5.78 Å². The van der Waals surface area contributed by atoms with E-state index in [4.69, 9.17) is 0 Å². The third-order valence-corrected chi connectivity index (χ3v) is 4.41. The number of carbonyl (C=O) groups is 1. The van der Waals surface area contributed by atoms with Crippen LogP contribution in [-0.4, -0.2) is 44.4 Å². The van der Waals surface area contributed by atoms with Crippen molar-refractivity contribution in [2.75, 3.05) is 38.6 Å². The molecule has 0 saturated carbocycles. The molecule has 0 atom stereocenters. The number of piperidine rings is 1. The van der Waals surface area contributed by atoms with Gasteiger partial charge in [0, 0.05) is 35.4 Å². The monoisotopic (exact) mass is 338 g/mol. The number of hydrogen-bond acceptors (Lipinski definition) is 3. The maximum absolute atomic E-state index is 11.8. The smallest absolute Gasteiger partial charge is 0.161 e. The van der Waals surface area contributed by atoms with Crippen molar-refractivity contribution in [3.8, 4) is 0 Å². The van der Waals surface area contributed by atoms with E-state index in [1.807, 2.05) is 12.1 Å². The predicted molar refractivity (Wildman–Crippen MR) is 87.6 cm³/mol. The van der Waals surface area contributed by atoms with Crippen LogP contribution in [0.2, 0.25) is 0 Å². The van der Waals surface area contributed by atoms with Gasteiger partial charge < -0.3 is 9.80 Å². The second-order valence-electron chi connectivity index (χ2n) is 5.91. The summed E-state index contributed by atoms with van der Waals surface area (Å²) in [5.74, 6) is 0.911. The van der Waals surface area contributed by atoms with Crippen LogP contribution in [-0.2, 0) is 0 Å². The second-order valence-corrected chi connectivity index (χ2v) is 6.83. The number of hydrogen-bond donors (Lipinski definition) is 0. The van der Waals surface area contributed by atoms with Crippen molar-refractivity contribution in [1.29, 1.82) is 0 Å². The van der Waals surface area contributed by atoms with E-state index in [2.05, 4.69) is 45.9 Å². The molecule has 4 heteroatoms. The third-order valence-electron chi connectivity index (χ3n) is 3.92. The lowest BCUT2D eigenvalue weighted by Gasteiger charge is -2.35. The van der Waals surface area contributed by atoms with Gasteiger partial charge in [-0.05, 0) is 58.0 Å². The Labute approximate surface area is 130 Å². The molecule has 1 saturated heterocycles. The molecule has 0 aromatic heterocycles. The van der Waals surface area contributed by atoms with E-state index >= 15 is 0 Å². The van der Waals surface area contributed by atoms with Crippen LogP contribution in [0, 0.1) is 5.92 Å². The van der Waals surface area contributed by atoms with E-state index in [1.54, 1.807) is 6.92 Å². The fourth-order valence-corrected chi connectivity index (χ4v) is 3.30. The molecular weight excluding hydrogens is 316 g/mol. The van der Waals surface area contributed by atoms with Gasteiger partial charge in [0.05, 0.1) is 0 Å². The summed E-state index contributed by atoms with van der Waals surface area (Å²) in [7, 11) is 4.27. The Morgan fingerprint density at radius 3 is 2.55 bits per heavy atom. The highest BCUT2D eigenvalue weighted by Gasteiger charge is 2.22. The van der Waals surface area contributed by atoms with Gasteiger partial charge in [0.1, 0.15) is 0 Å². The first kappa shape index (κ1) is 15.5. The number of carbonyl (C=O) groups excluding carboxylic acids is 1. The molecule has 1 aliphatic heterocycles. The molecule has 0 radical (unpaired) electrons. The molecule has 1 aromatic carbocycles. The Morgan fingerprint density at radius 1 is 1.35 bits per heavy atom. The summed E-state index contributed by atoms with van der Waals surface area (Å²) in [6.07, 6.45) is 2.40. The maximum Gasteiger partial charge on any atom is 0.161 e. The van der Waals surface area contributed by atoms with Crippen LogP contribution >= 0.6 is 15.9 Å². The van der Waals surface area contributed by atoms with Gasteiger partial charge in [0.2, 0.25) is 0 Å². The summed E-state index contributed by atoms with van der Waals surface area (Å²) in [6, 6.07) is 6.02. The third kappa shape index (κ3) is 3.83. The first-order valence-corrected chi connectivity index (χ1v) is 7.97. The summed E-state index contributed by atoms with van der Waals surface area (Å²) in [4.78, 5) is 16.4. The number of benzene rings is 1. The van der Waals surface area contributed by atoms with Crippen LogP contribution in [0.3, 0.4) is 0 Å². The molecule has 1 aromatic rings. The zero-order chi connectivity index (χ0) is 14.7. The number of rotatable bonds is 4. The Bertz CT molecular complexity index is 479. The van der Waals surface area contributed by atoms with Crippen LogP contribution in [0.5, 0.6) is 0 Å². The van der Waals surface area contributed by atoms with Crippen LogP contribution in [0.1, 0.15) is 30.1 Å². The number of halogens is 1. The quantitative estimate of drug-likeness (QED) is 0.786. The minimum atomic E-state index is 0.136. The molecule has 1 heterocycles. The molecule has 0 aliphatic carbocycles. The summed E-state index contributed by atoms with van der Waals surface area (Å²) >= 11 is 3.45. The number of ketones is 1. The second kappa shape index (κ2) is 6.72. The summed E-state index contributed by atoms with van der Waals surface area (Å²) < 4.78 is 0.967. The first-order valence-electron chi connectivity index (χ1n) is 7.17. The highest BCUT2D eigenvalue weighted by molar-refractivity contribution is 9.10. The molecule has 0 spiro atoms. The van der Waals surface area contributed by atoms with Crippen LogP contribution < -0.4 is 4.90 Å². The Kier molecular flexibility index (Phi) is 5.22. The van der Waals surface area contributed by atoms with Gasteiger partial charge in [0.25, 0.3) is 0 Å². The Hall–Kier alpha value is -0.870. The molecule has 0 N–H and O–H groups in total. The number of Topliss-reactive ketones (excluding diaryl/α,β-unsaturated/α-hetero) is 1. The fourth-order valence-electron chi connectivity index (χ4n) is 2.94. The molecule has 0 bridgehead atoms. The molecule has 3 nitrogen and oxygen atoms in total. The molecule has 0 unspecified atom stereocenters. The van der Waals surface area contributed by atoms with Crippen molar-refractivity contribution in [1.82, 2.24) is 4.90 Å². The van der Waals surface area contributed by atoms with Gasteiger partial charge in [-0.3, -0.25) is 4.79 Å². The van der Waals surface area contributed by atoms with Crippen molar-refractivity contribution in [2.24, 2.45) is 5.92 Å². The molecule has 1 fully saturated rings. The normalized spacial score (nSPS) is 16.8. The molecule has 1 aliphatic rings. The molecule has 0 amide bonds. The van der Waals surface area contributed by atoms with Gasteiger partial charge in [-0.25, -0.2) is 0 Å². The van der Waals surface area contributed by atoms with Crippen molar-refractivity contribution in [3.05, 3.63) is 28.2 Å². The Balaban J connectivity index is 2.09. The highest BCUT2D eigenvalue weighted by atomic mass is 79.9. The molecule has 20 heavy (non-hydrogen) atoms. The zero-order valence-corrected chi connectivity index (χ0v) is 14.1. The Morgan fingerprint density at radius 2 is 2.00 bits per heavy atom. The van der Waals surface area contributed by atoms with Gasteiger partial charge >= 0.3 is 0 Å². The van der Waals surface area contributed by atoms with Crippen molar-refractivity contribution in [3.63, 3.8) is 0 Å². The SMILES string of the molecule is CC(=O)c1cc(Br)ccc1N1CCC(CN(C)C)CC1. The van der Waals surface area contributed by atoms with Gasteiger partial charge in [-0.15, -0.1) is 0 Å². The minimum absolute atomic E-state index is 0.136. The predicted octanol–water partition coefficient (Wildman–Crippen LogP) is 3.43. The minimum Gasteiger partial charge on any atom is -0.371 e. The first-order chi connectivity index (χ1) is 9.47. The van der Waals surface area contributed by atoms with Crippen molar-refractivity contribution in [2.45, 2.75) is 19.8 Å². The largest absolute Gasteiger partial charge is 0.371 e. The lowest BCUT2D eigenvalue weighted by atomic mass is 9.95. The van der Waals surface area contributed by atoms with Gasteiger partial charge in [-0.2, -0.15) is 0 Å². The van der Waals surface area contributed by atoms with Crippen LogP contribution in [0.25, 0.3) is 0 Å². The van der Waals surface area contributed by atoms with E-state index in [-0.39, 0.29) is 5.78 Å². The number of anilines is 1. The van der Waals surface area contributed by atoms with E-state index in [0.29, 0.717) is 0 Å². The fraction of sp³-hybridized carbons (Fsp3) is 0.562. The molecule has 2 rings (SSSR count). The summed E-state index contributed by atoms with van der Waals surface area (Å²) in [6.45, 7) is 4.89. The average molecular weight is 339 g/mol. The topological polar surface area (TPSA) is 23.6 Å². The van der Waals surface area contributed by atoms with E-state index in [1.165, 1.54) is 12.8 Å². The lowest BCUT2D eigenvalue weighted by molar-refractivity contribution is 0.101. The molecular formula is C16H23BrN2O. The van der Waals surface area contributed by atoms with E-state index < -0.39 is 0 Å². The zero-order valence-electron chi connectivity index (χ0n) is 12.5. The lowest BCUT2D eigenvalue weighted by Crippen LogP contribution is -2.37. The standard InChI is InChI=1S/C16H23BrN2O/c1-12(20)15-10-14(17)4-5-16(15)19-8-6-13(7-9-19)11-18(2)3/h4-5,10,13H,6-9,11H2,1-3H3. The summed E-state index contributed by atoms with van der Waals surface area (Å²) in [5.41, 5.74) is 1.91. The maximum atomic E-state index is 11.8. The molecule has 110 valence electrons. The van der Waals surface area contributed by atoms with E-state index in [9.17, 15) is 4.79 Å². The highest BCUT2D eigenvalue weighted by Crippen LogP contribution is 2.29. The van der Waals surface area contributed by atoms with Crippen molar-refractivity contribution >= 4 is 27.4 Å². The van der Waals surface area contributed by atoms with Gasteiger partial charge in [-0.1, -0.05) is 15.9 Å². The van der Waals surface area contributed by atoms with Crippen LogP contribution in [0.4, 0.5) is 5.69 Å².